The van der Waals surface area contributed by atoms with E-state index in [-0.39, 0.29) is 0 Å². The number of hydrogen-bond acceptors (Lipinski definition) is 7. The SMILES string of the molecule is Cc1noc2ncnc(NCc3cc4n(n3)CCN(C3CCCCC3)C4)c12. The van der Waals surface area contributed by atoms with Gasteiger partial charge < -0.3 is 9.84 Å². The van der Waals surface area contributed by atoms with Gasteiger partial charge in [0, 0.05) is 19.1 Å². The first kappa shape index (κ1) is 16.7. The zero-order valence-corrected chi connectivity index (χ0v) is 15.7. The van der Waals surface area contributed by atoms with Crippen LogP contribution in [0.2, 0.25) is 0 Å². The first-order valence-electron chi connectivity index (χ1n) is 9.88. The maximum atomic E-state index is 5.21. The second-order valence-electron chi connectivity index (χ2n) is 7.64. The number of aryl methyl sites for hydroxylation is 1. The van der Waals surface area contributed by atoms with Gasteiger partial charge in [0.15, 0.2) is 0 Å². The van der Waals surface area contributed by atoms with Crippen LogP contribution in [0.5, 0.6) is 0 Å². The van der Waals surface area contributed by atoms with E-state index in [0.29, 0.717) is 12.3 Å². The predicted molar refractivity (Wildman–Crippen MR) is 101 cm³/mol. The van der Waals surface area contributed by atoms with E-state index >= 15 is 0 Å². The Morgan fingerprint density at radius 3 is 2.96 bits per heavy atom. The van der Waals surface area contributed by atoms with Crippen LogP contribution in [0.4, 0.5) is 5.82 Å². The minimum Gasteiger partial charge on any atom is -0.364 e. The summed E-state index contributed by atoms with van der Waals surface area (Å²) >= 11 is 0. The Bertz CT molecular complexity index is 941. The third kappa shape index (κ3) is 3.18. The lowest BCUT2D eigenvalue weighted by atomic mass is 9.94. The summed E-state index contributed by atoms with van der Waals surface area (Å²) in [5, 5.41) is 13.0. The van der Waals surface area contributed by atoms with Crippen molar-refractivity contribution in [3.05, 3.63) is 29.5 Å². The lowest BCUT2D eigenvalue weighted by molar-refractivity contribution is 0.119. The molecule has 27 heavy (non-hydrogen) atoms. The van der Waals surface area contributed by atoms with E-state index in [2.05, 4.69) is 36.1 Å². The largest absolute Gasteiger partial charge is 0.364 e. The molecule has 0 spiro atoms. The van der Waals surface area contributed by atoms with Gasteiger partial charge in [-0.2, -0.15) is 10.1 Å². The number of hydrogen-bond donors (Lipinski definition) is 1. The van der Waals surface area contributed by atoms with E-state index in [1.54, 1.807) is 0 Å². The highest BCUT2D eigenvalue weighted by molar-refractivity contribution is 5.87. The monoisotopic (exact) mass is 367 g/mol. The van der Waals surface area contributed by atoms with Crippen LogP contribution >= 0.6 is 0 Å². The van der Waals surface area contributed by atoms with Crippen LogP contribution in [-0.4, -0.2) is 42.4 Å². The summed E-state index contributed by atoms with van der Waals surface area (Å²) in [6.07, 6.45) is 8.36. The van der Waals surface area contributed by atoms with Gasteiger partial charge in [-0.15, -0.1) is 0 Å². The fraction of sp³-hybridized carbons (Fsp3) is 0.579. The maximum absolute atomic E-state index is 5.21. The Balaban J connectivity index is 1.29. The van der Waals surface area contributed by atoms with Crippen LogP contribution in [-0.2, 0) is 19.6 Å². The molecule has 2 aliphatic rings. The van der Waals surface area contributed by atoms with Crippen molar-refractivity contribution in [1.82, 2.24) is 29.8 Å². The Kier molecular flexibility index (Phi) is 4.27. The molecule has 0 radical (unpaired) electrons. The van der Waals surface area contributed by atoms with E-state index in [1.165, 1.54) is 44.1 Å². The summed E-state index contributed by atoms with van der Waals surface area (Å²) in [4.78, 5) is 11.1. The zero-order chi connectivity index (χ0) is 18.2. The normalized spacial score (nSPS) is 18.7. The third-order valence-electron chi connectivity index (χ3n) is 5.85. The van der Waals surface area contributed by atoms with E-state index in [1.807, 2.05) is 6.92 Å². The van der Waals surface area contributed by atoms with Gasteiger partial charge in [-0.05, 0) is 25.8 Å². The average molecular weight is 367 g/mol. The van der Waals surface area contributed by atoms with Crippen molar-refractivity contribution in [2.24, 2.45) is 0 Å². The molecule has 0 unspecified atom stereocenters. The Hall–Kier alpha value is -2.48. The van der Waals surface area contributed by atoms with Crippen LogP contribution in [0, 0.1) is 6.92 Å². The molecule has 0 saturated heterocycles. The summed E-state index contributed by atoms with van der Waals surface area (Å²) < 4.78 is 7.37. The molecule has 1 fully saturated rings. The number of aromatic nitrogens is 5. The van der Waals surface area contributed by atoms with Crippen LogP contribution in [0.15, 0.2) is 16.9 Å². The Labute approximate surface area is 157 Å². The van der Waals surface area contributed by atoms with Crippen molar-refractivity contribution in [3.63, 3.8) is 0 Å². The molecular formula is C19H25N7O. The van der Waals surface area contributed by atoms with Gasteiger partial charge in [0.1, 0.15) is 17.5 Å². The summed E-state index contributed by atoms with van der Waals surface area (Å²) in [6.45, 7) is 5.63. The topological polar surface area (TPSA) is 84.9 Å². The summed E-state index contributed by atoms with van der Waals surface area (Å²) in [5.74, 6) is 0.744. The summed E-state index contributed by atoms with van der Waals surface area (Å²) in [5.41, 5.74) is 3.66. The van der Waals surface area contributed by atoms with E-state index in [9.17, 15) is 0 Å². The Morgan fingerprint density at radius 1 is 1.19 bits per heavy atom. The molecule has 0 amide bonds. The highest BCUT2D eigenvalue weighted by atomic mass is 16.5. The van der Waals surface area contributed by atoms with E-state index in [0.717, 1.165) is 48.3 Å². The molecule has 1 saturated carbocycles. The third-order valence-corrected chi connectivity index (χ3v) is 5.85. The van der Waals surface area contributed by atoms with Crippen molar-refractivity contribution in [1.29, 1.82) is 0 Å². The minimum atomic E-state index is 0.511. The second kappa shape index (κ2) is 6.92. The number of nitrogens with one attached hydrogen (secondary N) is 1. The maximum Gasteiger partial charge on any atom is 0.263 e. The molecule has 8 heteroatoms. The highest BCUT2D eigenvalue weighted by Crippen LogP contribution is 2.27. The van der Waals surface area contributed by atoms with Crippen LogP contribution < -0.4 is 5.32 Å². The first-order valence-corrected chi connectivity index (χ1v) is 9.88. The van der Waals surface area contributed by atoms with Gasteiger partial charge in [0.25, 0.3) is 5.71 Å². The predicted octanol–water partition coefficient (Wildman–Crippen LogP) is 2.88. The van der Waals surface area contributed by atoms with E-state index < -0.39 is 0 Å². The van der Waals surface area contributed by atoms with Gasteiger partial charge in [0.2, 0.25) is 0 Å². The molecule has 142 valence electrons. The molecule has 1 aliphatic carbocycles. The molecule has 1 aliphatic heterocycles. The lowest BCUT2D eigenvalue weighted by Crippen LogP contribution is -2.42. The van der Waals surface area contributed by atoms with E-state index in [4.69, 9.17) is 9.62 Å². The number of rotatable bonds is 4. The second-order valence-corrected chi connectivity index (χ2v) is 7.64. The number of fused-ring (bicyclic) bond motifs is 2. The summed E-state index contributed by atoms with van der Waals surface area (Å²) in [6, 6.07) is 2.98. The molecule has 4 heterocycles. The fourth-order valence-corrected chi connectivity index (χ4v) is 4.42. The van der Waals surface area contributed by atoms with Crippen molar-refractivity contribution in [2.75, 3.05) is 11.9 Å². The van der Waals surface area contributed by atoms with Crippen LogP contribution in [0.25, 0.3) is 11.1 Å². The average Bonchev–Trinajstić information content (AvgIpc) is 3.30. The molecule has 5 rings (SSSR count). The molecular weight excluding hydrogens is 342 g/mol. The molecule has 1 N–H and O–H groups in total. The molecule has 0 aromatic carbocycles. The molecule has 8 nitrogen and oxygen atoms in total. The van der Waals surface area contributed by atoms with Crippen molar-refractivity contribution in [2.45, 2.75) is 64.7 Å². The van der Waals surface area contributed by atoms with Crippen LogP contribution in [0.1, 0.15) is 49.2 Å². The van der Waals surface area contributed by atoms with Crippen molar-refractivity contribution in [3.8, 4) is 0 Å². The number of nitrogens with zero attached hydrogens (tertiary/aromatic N) is 6. The Morgan fingerprint density at radius 2 is 2.07 bits per heavy atom. The van der Waals surface area contributed by atoms with Gasteiger partial charge >= 0.3 is 0 Å². The number of anilines is 1. The van der Waals surface area contributed by atoms with Crippen LogP contribution in [0.3, 0.4) is 0 Å². The molecule has 3 aromatic heterocycles. The lowest BCUT2D eigenvalue weighted by Gasteiger charge is -2.36. The van der Waals surface area contributed by atoms with Gasteiger partial charge in [-0.1, -0.05) is 24.4 Å². The smallest absolute Gasteiger partial charge is 0.263 e. The van der Waals surface area contributed by atoms with Gasteiger partial charge in [-0.3, -0.25) is 9.58 Å². The fourth-order valence-electron chi connectivity index (χ4n) is 4.42. The minimum absolute atomic E-state index is 0.511. The first-order chi connectivity index (χ1) is 13.3. The molecule has 0 atom stereocenters. The van der Waals surface area contributed by atoms with Gasteiger partial charge in [-0.25, -0.2) is 4.98 Å². The molecule has 0 bridgehead atoms. The highest BCUT2D eigenvalue weighted by Gasteiger charge is 2.26. The standard InChI is InChI=1S/C19H25N7O/c1-13-17-18(21-12-22-19(17)27-24-13)20-10-14-9-16-11-25(7-8-26(16)23-14)15-5-3-2-4-6-15/h9,12,15H,2-8,10-11H2,1H3,(H,20,21,22). The van der Waals surface area contributed by atoms with Crippen molar-refractivity contribution >= 4 is 16.9 Å². The zero-order valence-electron chi connectivity index (χ0n) is 15.7. The molecule has 3 aromatic rings. The quantitative estimate of drug-likeness (QED) is 0.759. The van der Waals surface area contributed by atoms with Crippen molar-refractivity contribution < 1.29 is 4.52 Å². The van der Waals surface area contributed by atoms with Gasteiger partial charge in [0.05, 0.1) is 30.2 Å². The summed E-state index contributed by atoms with van der Waals surface area (Å²) in [7, 11) is 0.